The lowest BCUT2D eigenvalue weighted by Gasteiger charge is -2.40. The van der Waals surface area contributed by atoms with Gasteiger partial charge in [-0.3, -0.25) is 9.59 Å². The molecule has 1 unspecified atom stereocenters. The van der Waals surface area contributed by atoms with Crippen LogP contribution in [-0.4, -0.2) is 16.7 Å². The molecule has 0 spiro atoms. The van der Waals surface area contributed by atoms with E-state index in [2.05, 4.69) is 29.5 Å². The Morgan fingerprint density at radius 2 is 1.87 bits per heavy atom. The molecule has 4 rings (SSSR count). The zero-order chi connectivity index (χ0) is 22.3. The maximum atomic E-state index is 13.5. The predicted molar refractivity (Wildman–Crippen MR) is 122 cm³/mol. The van der Waals surface area contributed by atoms with Crippen molar-refractivity contribution < 1.29 is 9.59 Å². The molecule has 2 N–H and O–H groups in total. The van der Waals surface area contributed by atoms with Gasteiger partial charge in [0.1, 0.15) is 5.82 Å². The lowest BCUT2D eigenvalue weighted by atomic mass is 9.68. The van der Waals surface area contributed by atoms with Crippen LogP contribution in [-0.2, 0) is 9.59 Å². The number of nitrogens with one attached hydrogen (secondary N) is 2. The van der Waals surface area contributed by atoms with E-state index >= 15 is 0 Å². The van der Waals surface area contributed by atoms with Gasteiger partial charge < -0.3 is 10.6 Å². The third-order valence-electron chi connectivity index (χ3n) is 6.14. The van der Waals surface area contributed by atoms with Crippen LogP contribution in [0, 0.1) is 19.3 Å². The average Bonchev–Trinajstić information content (AvgIpc) is 2.66. The van der Waals surface area contributed by atoms with E-state index in [1.54, 1.807) is 6.20 Å². The minimum atomic E-state index is -0.397. The smallest absolute Gasteiger partial charge is 0.255 e. The number of amides is 1. The quantitative estimate of drug-likeness (QED) is 0.745. The van der Waals surface area contributed by atoms with E-state index < -0.39 is 5.92 Å². The van der Waals surface area contributed by atoms with Crippen molar-refractivity contribution in [2.45, 2.75) is 53.4 Å². The van der Waals surface area contributed by atoms with Crippen molar-refractivity contribution in [1.82, 2.24) is 10.3 Å². The standard InChI is InChI=1S/C26H29N3O2/c1-15-10-11-27-21(12-15)29-25(31)22-17(3)28-19-13-26(4,5)14-20(30)24(19)23(22)18-9-7-6-8-16(18)2/h6-12,23,28H,13-14H2,1-5H3,(H,27,29,31). The molecule has 0 fully saturated rings. The highest BCUT2D eigenvalue weighted by atomic mass is 16.2. The van der Waals surface area contributed by atoms with Gasteiger partial charge in [0, 0.05) is 41.1 Å². The Morgan fingerprint density at radius 3 is 2.58 bits per heavy atom. The normalized spacial score (nSPS) is 20.3. The van der Waals surface area contributed by atoms with Crippen LogP contribution < -0.4 is 10.6 Å². The summed E-state index contributed by atoms with van der Waals surface area (Å²) >= 11 is 0. The number of carbonyl (C=O) groups excluding carboxylic acids is 2. The van der Waals surface area contributed by atoms with Crippen molar-refractivity contribution in [2.24, 2.45) is 5.41 Å². The molecule has 1 aliphatic carbocycles. The number of benzene rings is 1. The number of aromatic nitrogens is 1. The minimum absolute atomic E-state index is 0.106. The van der Waals surface area contributed by atoms with Crippen molar-refractivity contribution in [3.8, 4) is 0 Å². The van der Waals surface area contributed by atoms with E-state index in [1.165, 1.54) is 0 Å². The van der Waals surface area contributed by atoms with E-state index in [0.717, 1.165) is 40.1 Å². The van der Waals surface area contributed by atoms with Gasteiger partial charge in [0.15, 0.2) is 5.78 Å². The van der Waals surface area contributed by atoms with Crippen LogP contribution in [0.4, 0.5) is 5.82 Å². The summed E-state index contributed by atoms with van der Waals surface area (Å²) in [7, 11) is 0. The number of nitrogens with zero attached hydrogens (tertiary/aromatic N) is 1. The molecule has 0 radical (unpaired) electrons. The fourth-order valence-corrected chi connectivity index (χ4v) is 4.75. The molecule has 1 aromatic heterocycles. The van der Waals surface area contributed by atoms with Crippen molar-refractivity contribution >= 4 is 17.5 Å². The van der Waals surface area contributed by atoms with Crippen molar-refractivity contribution in [3.63, 3.8) is 0 Å². The first-order valence-corrected chi connectivity index (χ1v) is 10.7. The second-order valence-electron chi connectivity index (χ2n) is 9.46. The summed E-state index contributed by atoms with van der Waals surface area (Å²) in [5, 5.41) is 6.36. The van der Waals surface area contributed by atoms with Gasteiger partial charge in [-0.2, -0.15) is 0 Å². The van der Waals surface area contributed by atoms with Crippen LogP contribution in [0.5, 0.6) is 0 Å². The zero-order valence-electron chi connectivity index (χ0n) is 18.8. The van der Waals surface area contributed by atoms with Crippen LogP contribution in [0.2, 0.25) is 0 Å². The van der Waals surface area contributed by atoms with Gasteiger partial charge >= 0.3 is 0 Å². The van der Waals surface area contributed by atoms with Gasteiger partial charge in [-0.05, 0) is 61.4 Å². The average molecular weight is 416 g/mol. The van der Waals surface area contributed by atoms with Gasteiger partial charge in [-0.15, -0.1) is 0 Å². The van der Waals surface area contributed by atoms with Gasteiger partial charge in [-0.1, -0.05) is 38.1 Å². The van der Waals surface area contributed by atoms with Crippen LogP contribution >= 0.6 is 0 Å². The first kappa shape index (κ1) is 21.0. The Balaban J connectivity index is 1.83. The van der Waals surface area contributed by atoms with Crippen molar-refractivity contribution in [2.75, 3.05) is 5.32 Å². The van der Waals surface area contributed by atoms with Gasteiger partial charge in [0.25, 0.3) is 5.91 Å². The van der Waals surface area contributed by atoms with E-state index in [4.69, 9.17) is 0 Å². The second-order valence-corrected chi connectivity index (χ2v) is 9.46. The largest absolute Gasteiger partial charge is 0.362 e. The molecule has 2 aliphatic rings. The Kier molecular flexibility index (Phi) is 5.29. The summed E-state index contributed by atoms with van der Waals surface area (Å²) in [6, 6.07) is 11.7. The molecular formula is C26H29N3O2. The highest BCUT2D eigenvalue weighted by Gasteiger charge is 2.43. The van der Waals surface area contributed by atoms with Gasteiger partial charge in [0.2, 0.25) is 0 Å². The van der Waals surface area contributed by atoms with Crippen molar-refractivity contribution in [1.29, 1.82) is 0 Å². The number of Topliss-reactive ketones (excluding diaryl/α,β-unsaturated/α-hetero) is 1. The number of pyridine rings is 1. The molecule has 0 saturated carbocycles. The predicted octanol–water partition coefficient (Wildman–Crippen LogP) is 4.94. The molecule has 2 aromatic rings. The topological polar surface area (TPSA) is 71.1 Å². The molecule has 1 atom stereocenters. The molecule has 31 heavy (non-hydrogen) atoms. The summed E-state index contributed by atoms with van der Waals surface area (Å²) in [6.45, 7) is 10.1. The Morgan fingerprint density at radius 1 is 1.13 bits per heavy atom. The number of rotatable bonds is 3. The fraction of sp³-hybridized carbons (Fsp3) is 0.346. The number of hydrogen-bond donors (Lipinski definition) is 2. The van der Waals surface area contributed by atoms with Crippen LogP contribution in [0.1, 0.15) is 56.2 Å². The maximum Gasteiger partial charge on any atom is 0.255 e. The monoisotopic (exact) mass is 415 g/mol. The summed E-state index contributed by atoms with van der Waals surface area (Å²) in [6.07, 6.45) is 2.93. The van der Waals surface area contributed by atoms with E-state index in [-0.39, 0.29) is 17.1 Å². The number of hydrogen-bond acceptors (Lipinski definition) is 4. The highest BCUT2D eigenvalue weighted by Crippen LogP contribution is 2.47. The lowest BCUT2D eigenvalue weighted by molar-refractivity contribution is -0.118. The number of dihydropyridines is 1. The third-order valence-corrected chi connectivity index (χ3v) is 6.14. The lowest BCUT2D eigenvalue weighted by Crippen LogP contribution is -2.39. The highest BCUT2D eigenvalue weighted by molar-refractivity contribution is 6.09. The molecule has 5 heteroatoms. The van der Waals surface area contributed by atoms with Crippen molar-refractivity contribution in [3.05, 3.63) is 81.8 Å². The van der Waals surface area contributed by atoms with E-state index in [0.29, 0.717) is 17.8 Å². The summed E-state index contributed by atoms with van der Waals surface area (Å²) in [4.78, 5) is 31.1. The minimum Gasteiger partial charge on any atom is -0.362 e. The van der Waals surface area contributed by atoms with E-state index in [9.17, 15) is 9.59 Å². The molecular weight excluding hydrogens is 386 g/mol. The summed E-state index contributed by atoms with van der Waals surface area (Å²) in [5.41, 5.74) is 5.98. The molecule has 2 heterocycles. The number of allylic oxidation sites excluding steroid dienone is 3. The SMILES string of the molecule is CC1=C(C(=O)Nc2cc(C)ccn2)C(c2ccccc2C)C2=C(CC(C)(C)CC2=O)N1. The molecule has 1 aromatic carbocycles. The molecule has 5 nitrogen and oxygen atoms in total. The molecule has 160 valence electrons. The van der Waals surface area contributed by atoms with Crippen LogP contribution in [0.15, 0.2) is 65.1 Å². The van der Waals surface area contributed by atoms with Crippen LogP contribution in [0.3, 0.4) is 0 Å². The third kappa shape index (κ3) is 4.05. The fourth-order valence-electron chi connectivity index (χ4n) is 4.75. The zero-order valence-corrected chi connectivity index (χ0v) is 18.8. The number of ketones is 1. The molecule has 0 bridgehead atoms. The summed E-state index contributed by atoms with van der Waals surface area (Å²) in [5.74, 6) is -0.0189. The molecule has 1 amide bonds. The Labute approximate surface area is 183 Å². The summed E-state index contributed by atoms with van der Waals surface area (Å²) < 4.78 is 0. The first-order valence-electron chi connectivity index (χ1n) is 10.7. The second kappa shape index (κ2) is 7.80. The van der Waals surface area contributed by atoms with Gasteiger partial charge in [-0.25, -0.2) is 4.98 Å². The molecule has 1 aliphatic heterocycles. The maximum absolute atomic E-state index is 13.5. The number of aryl methyl sites for hydroxylation is 2. The number of anilines is 1. The Bertz CT molecular complexity index is 1140. The van der Waals surface area contributed by atoms with Crippen LogP contribution in [0.25, 0.3) is 0 Å². The first-order chi connectivity index (χ1) is 14.7. The van der Waals surface area contributed by atoms with E-state index in [1.807, 2.05) is 57.2 Å². The Hall–Kier alpha value is -3.21. The number of carbonyl (C=O) groups is 2. The van der Waals surface area contributed by atoms with Gasteiger partial charge in [0.05, 0.1) is 0 Å². The molecule has 0 saturated heterocycles.